The molecule has 34 heavy (non-hydrogen) atoms. The van der Waals surface area contributed by atoms with E-state index in [0.717, 1.165) is 41.3 Å². The topological polar surface area (TPSA) is 47.4 Å². The van der Waals surface area contributed by atoms with Crippen molar-refractivity contribution in [2.24, 2.45) is 0 Å². The van der Waals surface area contributed by atoms with Gasteiger partial charge in [0.2, 0.25) is 5.91 Å². The molecule has 0 unspecified atom stereocenters. The van der Waals surface area contributed by atoms with Crippen molar-refractivity contribution in [3.8, 4) is 5.75 Å². The Morgan fingerprint density at radius 3 is 2.56 bits per heavy atom. The Morgan fingerprint density at radius 1 is 1.03 bits per heavy atom. The van der Waals surface area contributed by atoms with Crippen molar-refractivity contribution in [3.05, 3.63) is 88.7 Å². The molecule has 174 valence electrons. The van der Waals surface area contributed by atoms with E-state index in [1.54, 1.807) is 4.90 Å². The third kappa shape index (κ3) is 4.53. The molecule has 1 saturated heterocycles. The van der Waals surface area contributed by atoms with Gasteiger partial charge in [-0.2, -0.15) is 0 Å². The van der Waals surface area contributed by atoms with E-state index in [2.05, 4.69) is 42.7 Å². The van der Waals surface area contributed by atoms with Crippen LogP contribution < -0.4 is 9.64 Å². The summed E-state index contributed by atoms with van der Waals surface area (Å²) in [4.78, 5) is 19.7. The van der Waals surface area contributed by atoms with Gasteiger partial charge in [-0.05, 0) is 67.8 Å². The van der Waals surface area contributed by atoms with Crippen LogP contribution >= 0.6 is 11.6 Å². The second kappa shape index (κ2) is 9.51. The van der Waals surface area contributed by atoms with Crippen LogP contribution in [0.2, 0.25) is 5.02 Å². The molecule has 1 fully saturated rings. The number of amides is 1. The third-order valence-corrected chi connectivity index (χ3v) is 6.63. The van der Waals surface area contributed by atoms with Crippen LogP contribution in [0.4, 0.5) is 5.69 Å². The molecule has 4 aromatic rings. The van der Waals surface area contributed by atoms with Crippen LogP contribution in [0.15, 0.2) is 66.7 Å². The number of fused-ring (bicyclic) bond motifs is 1. The van der Waals surface area contributed by atoms with Crippen molar-refractivity contribution in [1.82, 2.24) is 9.55 Å². The number of imidazole rings is 1. The highest BCUT2D eigenvalue weighted by Gasteiger charge is 2.35. The van der Waals surface area contributed by atoms with E-state index in [0.29, 0.717) is 24.6 Å². The van der Waals surface area contributed by atoms with Crippen molar-refractivity contribution in [2.75, 3.05) is 18.1 Å². The molecule has 2 heterocycles. The summed E-state index contributed by atoms with van der Waals surface area (Å²) in [5.74, 6) is 1.95. The average Bonchev–Trinajstić information content (AvgIpc) is 3.37. The second-order valence-corrected chi connectivity index (χ2v) is 9.40. The molecule has 5 rings (SSSR count). The number of carbonyl (C=O) groups is 1. The first-order valence-electron chi connectivity index (χ1n) is 11.7. The third-order valence-electron chi connectivity index (χ3n) is 6.31. The van der Waals surface area contributed by atoms with Gasteiger partial charge in [-0.15, -0.1) is 0 Å². The number of nitrogens with zero attached hydrogens (tertiary/aromatic N) is 3. The van der Waals surface area contributed by atoms with E-state index in [9.17, 15) is 4.79 Å². The lowest BCUT2D eigenvalue weighted by molar-refractivity contribution is -0.117. The van der Waals surface area contributed by atoms with Crippen molar-refractivity contribution in [3.63, 3.8) is 0 Å². The number of aromatic nitrogens is 2. The van der Waals surface area contributed by atoms with Crippen LogP contribution in [0, 0.1) is 13.8 Å². The largest absolute Gasteiger partial charge is 0.494 e. The first-order chi connectivity index (χ1) is 16.5. The highest BCUT2D eigenvalue weighted by Crippen LogP contribution is 2.36. The lowest BCUT2D eigenvalue weighted by Gasteiger charge is -2.18. The Balaban J connectivity index is 1.35. The van der Waals surface area contributed by atoms with Gasteiger partial charge in [-0.1, -0.05) is 41.9 Å². The van der Waals surface area contributed by atoms with E-state index in [-0.39, 0.29) is 11.8 Å². The minimum absolute atomic E-state index is 0.0107. The monoisotopic (exact) mass is 473 g/mol. The van der Waals surface area contributed by atoms with E-state index in [4.69, 9.17) is 21.3 Å². The van der Waals surface area contributed by atoms with Crippen molar-refractivity contribution >= 4 is 34.2 Å². The van der Waals surface area contributed by atoms with Crippen molar-refractivity contribution in [2.45, 2.75) is 39.2 Å². The zero-order chi connectivity index (χ0) is 23.7. The SMILES string of the molecule is Cc1cc(C)cc(OCCCn2c([C@@H]3CC(=O)N(c4ccccc4Cl)C3)nc3ccccc32)c1. The molecular formula is C28H28ClN3O2. The number of para-hydroxylation sites is 3. The molecule has 0 aliphatic carbocycles. The fraction of sp³-hybridized carbons (Fsp3) is 0.286. The van der Waals surface area contributed by atoms with E-state index in [1.165, 1.54) is 11.1 Å². The number of aryl methyl sites for hydroxylation is 3. The number of ether oxygens (including phenoxy) is 1. The van der Waals surface area contributed by atoms with Gasteiger partial charge in [0.15, 0.2) is 0 Å². The zero-order valence-electron chi connectivity index (χ0n) is 19.5. The summed E-state index contributed by atoms with van der Waals surface area (Å²) in [5, 5.41) is 0.591. The maximum Gasteiger partial charge on any atom is 0.227 e. The minimum atomic E-state index is 0.0107. The number of rotatable bonds is 7. The summed E-state index contributed by atoms with van der Waals surface area (Å²) in [6, 6.07) is 22.0. The zero-order valence-corrected chi connectivity index (χ0v) is 20.3. The van der Waals surface area contributed by atoms with Crippen LogP contribution in [0.1, 0.15) is 35.7 Å². The van der Waals surface area contributed by atoms with Gasteiger partial charge in [-0.25, -0.2) is 4.98 Å². The molecular weight excluding hydrogens is 446 g/mol. The molecule has 0 bridgehead atoms. The lowest BCUT2D eigenvalue weighted by atomic mass is 10.1. The molecule has 0 saturated carbocycles. The number of carbonyl (C=O) groups excluding carboxylic acids is 1. The fourth-order valence-electron chi connectivity index (χ4n) is 4.85. The Kier molecular flexibility index (Phi) is 6.29. The molecule has 1 aliphatic rings. The summed E-state index contributed by atoms with van der Waals surface area (Å²) >= 11 is 6.38. The van der Waals surface area contributed by atoms with Gasteiger partial charge in [0, 0.05) is 25.4 Å². The van der Waals surface area contributed by atoms with E-state index >= 15 is 0 Å². The first kappa shape index (κ1) is 22.5. The maximum absolute atomic E-state index is 12.9. The lowest BCUT2D eigenvalue weighted by Crippen LogP contribution is -2.24. The second-order valence-electron chi connectivity index (χ2n) is 8.99. The van der Waals surface area contributed by atoms with Crippen LogP contribution in [-0.2, 0) is 11.3 Å². The number of anilines is 1. The predicted molar refractivity (Wildman–Crippen MR) is 137 cm³/mol. The first-order valence-corrected chi connectivity index (χ1v) is 12.1. The summed E-state index contributed by atoms with van der Waals surface area (Å²) in [6.07, 6.45) is 1.27. The Hall–Kier alpha value is -3.31. The van der Waals surface area contributed by atoms with Gasteiger partial charge in [0.05, 0.1) is 28.4 Å². The standard InChI is InChI=1S/C28H28ClN3O2/c1-19-14-20(2)16-22(15-19)34-13-7-12-31-26-11-6-4-9-24(26)30-28(31)21-17-27(33)32(18-21)25-10-5-3-8-23(25)29/h3-6,8-11,14-16,21H,7,12-13,17-18H2,1-2H3/t21-/m1/s1. The quantitative estimate of drug-likeness (QED) is 0.296. The molecule has 3 aromatic carbocycles. The molecule has 1 aromatic heterocycles. The highest BCUT2D eigenvalue weighted by molar-refractivity contribution is 6.33. The van der Waals surface area contributed by atoms with Crippen LogP contribution in [-0.4, -0.2) is 28.6 Å². The average molecular weight is 474 g/mol. The van der Waals surface area contributed by atoms with E-state index < -0.39 is 0 Å². The van der Waals surface area contributed by atoms with Gasteiger partial charge in [0.25, 0.3) is 0 Å². The predicted octanol–water partition coefficient (Wildman–Crippen LogP) is 6.30. The van der Waals surface area contributed by atoms with Crippen LogP contribution in [0.25, 0.3) is 11.0 Å². The summed E-state index contributed by atoms with van der Waals surface area (Å²) in [6.45, 7) is 6.13. The Bertz CT molecular complexity index is 1330. The van der Waals surface area contributed by atoms with Crippen LogP contribution in [0.5, 0.6) is 5.75 Å². The number of benzene rings is 3. The molecule has 0 N–H and O–H groups in total. The molecule has 6 heteroatoms. The Labute approximate surface area is 204 Å². The van der Waals surface area contributed by atoms with Crippen molar-refractivity contribution < 1.29 is 9.53 Å². The normalized spacial score (nSPS) is 15.9. The summed E-state index contributed by atoms with van der Waals surface area (Å²) in [5.41, 5.74) is 5.21. The number of halogens is 1. The van der Waals surface area contributed by atoms with Gasteiger partial charge in [0.1, 0.15) is 11.6 Å². The van der Waals surface area contributed by atoms with E-state index in [1.807, 2.05) is 42.5 Å². The number of hydrogen-bond acceptors (Lipinski definition) is 3. The number of hydrogen-bond donors (Lipinski definition) is 0. The van der Waals surface area contributed by atoms with Crippen LogP contribution in [0.3, 0.4) is 0 Å². The Morgan fingerprint density at radius 2 is 1.76 bits per heavy atom. The minimum Gasteiger partial charge on any atom is -0.494 e. The molecule has 1 aliphatic heterocycles. The fourth-order valence-corrected chi connectivity index (χ4v) is 5.09. The smallest absolute Gasteiger partial charge is 0.227 e. The maximum atomic E-state index is 12.9. The molecule has 5 nitrogen and oxygen atoms in total. The molecule has 1 amide bonds. The summed E-state index contributed by atoms with van der Waals surface area (Å²) in [7, 11) is 0. The van der Waals surface area contributed by atoms with Crippen molar-refractivity contribution in [1.29, 1.82) is 0 Å². The van der Waals surface area contributed by atoms with Gasteiger partial charge >= 0.3 is 0 Å². The molecule has 1 atom stereocenters. The van der Waals surface area contributed by atoms with Gasteiger partial charge < -0.3 is 14.2 Å². The van der Waals surface area contributed by atoms with Gasteiger partial charge in [-0.3, -0.25) is 4.79 Å². The summed E-state index contributed by atoms with van der Waals surface area (Å²) < 4.78 is 8.30. The molecule has 0 spiro atoms. The highest BCUT2D eigenvalue weighted by atomic mass is 35.5. The molecule has 0 radical (unpaired) electrons.